The van der Waals surface area contributed by atoms with Gasteiger partial charge in [-0.2, -0.15) is 0 Å². The van der Waals surface area contributed by atoms with Crippen LogP contribution in [0, 0.1) is 5.82 Å². The van der Waals surface area contributed by atoms with E-state index in [0.717, 1.165) is 23.6 Å². The number of nitrogens with zero attached hydrogens (tertiary/aromatic N) is 2. The normalized spacial score (nSPS) is 27.0. The molecule has 1 N–H and O–H groups in total. The number of ether oxygens (including phenoxy) is 2. The zero-order valence-corrected chi connectivity index (χ0v) is 20.4. The SMILES string of the molecule is [2H][C@@]1(N2Cc3c(OCc4cc(CN5CC(C)OC(C)C5)ccc4F)cccc3C2=O)CCC(=O)NC1=O. The summed E-state index contributed by atoms with van der Waals surface area (Å²) in [6, 6.07) is 8.09. The van der Waals surface area contributed by atoms with Gasteiger partial charge in [0.2, 0.25) is 11.8 Å². The average molecular weight is 497 g/mol. The molecule has 2 aromatic rings. The van der Waals surface area contributed by atoms with Crippen molar-refractivity contribution in [3.05, 3.63) is 64.5 Å². The Morgan fingerprint density at radius 1 is 1.17 bits per heavy atom. The van der Waals surface area contributed by atoms with Crippen LogP contribution < -0.4 is 10.1 Å². The van der Waals surface area contributed by atoms with Crippen molar-refractivity contribution in [2.75, 3.05) is 13.1 Å². The molecule has 9 heteroatoms. The van der Waals surface area contributed by atoms with E-state index in [-0.39, 0.29) is 44.0 Å². The van der Waals surface area contributed by atoms with Gasteiger partial charge < -0.3 is 14.4 Å². The average Bonchev–Trinajstić information content (AvgIpc) is 3.19. The summed E-state index contributed by atoms with van der Waals surface area (Å²) in [7, 11) is 0. The van der Waals surface area contributed by atoms with Crippen molar-refractivity contribution >= 4 is 17.7 Å². The van der Waals surface area contributed by atoms with Gasteiger partial charge in [0.05, 0.1) is 20.1 Å². The van der Waals surface area contributed by atoms with Crippen molar-refractivity contribution in [3.63, 3.8) is 0 Å². The van der Waals surface area contributed by atoms with Crippen molar-refractivity contribution in [2.45, 2.75) is 64.6 Å². The Morgan fingerprint density at radius 3 is 2.69 bits per heavy atom. The van der Waals surface area contributed by atoms with Crippen LogP contribution in [0.15, 0.2) is 36.4 Å². The molecule has 8 nitrogen and oxygen atoms in total. The molecule has 3 heterocycles. The molecule has 0 spiro atoms. The van der Waals surface area contributed by atoms with Crippen LogP contribution in [-0.4, -0.2) is 58.8 Å². The lowest BCUT2D eigenvalue weighted by Gasteiger charge is -2.35. The van der Waals surface area contributed by atoms with Crippen LogP contribution in [0.4, 0.5) is 4.39 Å². The van der Waals surface area contributed by atoms with Gasteiger partial charge in [0.25, 0.3) is 5.91 Å². The third-order valence-corrected chi connectivity index (χ3v) is 6.75. The molecule has 0 aromatic heterocycles. The van der Waals surface area contributed by atoms with E-state index >= 15 is 0 Å². The van der Waals surface area contributed by atoms with Crippen molar-refractivity contribution in [1.29, 1.82) is 0 Å². The van der Waals surface area contributed by atoms with Gasteiger partial charge in [-0.25, -0.2) is 4.39 Å². The maximum atomic E-state index is 14.7. The molecule has 2 saturated heterocycles. The Hall–Kier alpha value is -3.30. The van der Waals surface area contributed by atoms with E-state index in [1.165, 1.54) is 6.07 Å². The summed E-state index contributed by atoms with van der Waals surface area (Å²) in [6.45, 7) is 6.31. The van der Waals surface area contributed by atoms with Gasteiger partial charge in [0.15, 0.2) is 0 Å². The lowest BCUT2D eigenvalue weighted by Crippen LogP contribution is -2.52. The van der Waals surface area contributed by atoms with Crippen molar-refractivity contribution < 1.29 is 29.6 Å². The highest BCUT2D eigenvalue weighted by molar-refractivity contribution is 6.05. The molecule has 0 saturated carbocycles. The number of amides is 3. The second kappa shape index (κ2) is 9.99. The molecular formula is C27H30FN3O5. The number of carbonyl (C=O) groups excluding carboxylic acids is 3. The fourth-order valence-corrected chi connectivity index (χ4v) is 5.19. The van der Waals surface area contributed by atoms with Gasteiger partial charge in [-0.1, -0.05) is 12.1 Å². The minimum atomic E-state index is -1.88. The first kappa shape index (κ1) is 23.1. The van der Waals surface area contributed by atoms with Crippen LogP contribution in [0.5, 0.6) is 5.75 Å². The number of carbonyl (C=O) groups is 3. The summed E-state index contributed by atoms with van der Waals surface area (Å²) >= 11 is 0. The van der Waals surface area contributed by atoms with Gasteiger partial charge in [0.1, 0.15) is 24.2 Å². The summed E-state index contributed by atoms with van der Waals surface area (Å²) in [5.41, 5.74) is 2.23. The number of rotatable bonds is 6. The van der Waals surface area contributed by atoms with E-state index < -0.39 is 23.7 Å². The Morgan fingerprint density at radius 2 is 1.94 bits per heavy atom. The van der Waals surface area contributed by atoms with Crippen LogP contribution in [0.3, 0.4) is 0 Å². The van der Waals surface area contributed by atoms with Crippen LogP contribution in [0.25, 0.3) is 0 Å². The number of piperidine rings is 1. The molecule has 190 valence electrons. The number of imide groups is 1. The predicted molar refractivity (Wildman–Crippen MR) is 129 cm³/mol. The van der Waals surface area contributed by atoms with Crippen molar-refractivity contribution in [1.82, 2.24) is 15.1 Å². The molecule has 2 aromatic carbocycles. The monoisotopic (exact) mass is 496 g/mol. The number of halogens is 1. The highest BCUT2D eigenvalue weighted by atomic mass is 19.1. The third-order valence-electron chi connectivity index (χ3n) is 6.75. The zero-order chi connectivity index (χ0) is 26.3. The molecule has 36 heavy (non-hydrogen) atoms. The minimum Gasteiger partial charge on any atom is -0.488 e. The molecule has 2 unspecified atom stereocenters. The first-order valence-electron chi connectivity index (χ1n) is 12.7. The maximum Gasteiger partial charge on any atom is 0.255 e. The molecule has 5 rings (SSSR count). The van der Waals surface area contributed by atoms with Gasteiger partial charge >= 0.3 is 0 Å². The summed E-state index contributed by atoms with van der Waals surface area (Å²) in [5.74, 6) is -1.73. The minimum absolute atomic E-state index is 0.00856. The number of benzene rings is 2. The second-order valence-corrected chi connectivity index (χ2v) is 9.66. The van der Waals surface area contributed by atoms with Crippen LogP contribution >= 0.6 is 0 Å². The van der Waals surface area contributed by atoms with Crippen LogP contribution in [0.2, 0.25) is 0 Å². The Labute approximate surface area is 210 Å². The van der Waals surface area contributed by atoms with Gasteiger partial charge in [-0.05, 0) is 50.1 Å². The van der Waals surface area contributed by atoms with E-state index in [2.05, 4.69) is 10.2 Å². The topological polar surface area (TPSA) is 88.2 Å². The van der Waals surface area contributed by atoms with Crippen molar-refractivity contribution in [3.8, 4) is 5.75 Å². The second-order valence-electron chi connectivity index (χ2n) is 9.66. The van der Waals surface area contributed by atoms with Crippen molar-refractivity contribution in [2.24, 2.45) is 0 Å². The highest BCUT2D eigenvalue weighted by Crippen LogP contribution is 2.34. The first-order chi connectivity index (χ1) is 17.6. The molecule has 2 fully saturated rings. The summed E-state index contributed by atoms with van der Waals surface area (Å²) < 4.78 is 35.1. The number of hydrogen-bond donors (Lipinski definition) is 1. The quantitative estimate of drug-likeness (QED) is 0.619. The van der Waals surface area contributed by atoms with Gasteiger partial charge in [0, 0.05) is 42.7 Å². The largest absolute Gasteiger partial charge is 0.488 e. The van der Waals surface area contributed by atoms with Crippen LogP contribution in [0.1, 0.15) is 55.1 Å². The van der Waals surface area contributed by atoms with E-state index in [0.29, 0.717) is 29.0 Å². The van der Waals surface area contributed by atoms with Gasteiger partial charge in [-0.15, -0.1) is 0 Å². The lowest BCUT2D eigenvalue weighted by atomic mass is 10.0. The molecule has 3 atom stereocenters. The van der Waals surface area contributed by atoms with E-state index in [1.54, 1.807) is 30.3 Å². The first-order valence-corrected chi connectivity index (χ1v) is 12.2. The molecule has 0 bridgehead atoms. The molecule has 0 aliphatic carbocycles. The maximum absolute atomic E-state index is 14.7. The molecule has 0 radical (unpaired) electrons. The smallest absolute Gasteiger partial charge is 0.255 e. The number of hydrogen-bond acceptors (Lipinski definition) is 6. The zero-order valence-electron chi connectivity index (χ0n) is 21.4. The molecule has 3 amide bonds. The fourth-order valence-electron chi connectivity index (χ4n) is 5.19. The van der Waals surface area contributed by atoms with Gasteiger partial charge in [-0.3, -0.25) is 24.6 Å². The highest BCUT2D eigenvalue weighted by Gasteiger charge is 2.40. The van der Waals surface area contributed by atoms with Crippen LogP contribution in [-0.2, 0) is 34.0 Å². The Kier molecular flexibility index (Phi) is 6.41. The Balaban J connectivity index is 1.31. The summed E-state index contributed by atoms with van der Waals surface area (Å²) in [5, 5.41) is 2.16. The third kappa shape index (κ3) is 4.99. The summed E-state index contributed by atoms with van der Waals surface area (Å²) in [4.78, 5) is 40.6. The fraction of sp³-hybridized carbons (Fsp3) is 0.444. The number of morpholine rings is 1. The Bertz CT molecular complexity index is 1250. The summed E-state index contributed by atoms with van der Waals surface area (Å²) in [6.07, 6.45) is 0.179. The predicted octanol–water partition coefficient (Wildman–Crippen LogP) is 2.77. The standard InChI is InChI=1S/C27H30FN3O5/c1-16-11-30(12-17(2)36-16)13-18-6-7-22(28)19(10-18)15-35-24-5-3-4-20-21(24)14-31(27(20)34)23-8-9-25(32)29-26(23)33/h3-7,10,16-17,23H,8-9,11-15H2,1-2H3,(H,29,32,33)/t16?,17?,23-/m1/s1/i23D. The van der Waals surface area contributed by atoms with E-state index in [9.17, 15) is 18.8 Å². The number of fused-ring (bicyclic) bond motifs is 1. The lowest BCUT2D eigenvalue weighted by molar-refractivity contribution is -0.136. The molecule has 3 aliphatic heterocycles. The van der Waals surface area contributed by atoms with E-state index in [4.69, 9.17) is 10.8 Å². The van der Waals surface area contributed by atoms with E-state index in [1.807, 2.05) is 13.8 Å². The number of nitrogens with one attached hydrogen (secondary N) is 1. The molecule has 3 aliphatic rings. The molecular weight excluding hydrogens is 465 g/mol.